The molecule has 0 aliphatic heterocycles. The van der Waals surface area contributed by atoms with Gasteiger partial charge in [0.05, 0.1) is 12.1 Å². The molecule has 0 radical (unpaired) electrons. The number of methoxy groups -OCH3 is 1. The van der Waals surface area contributed by atoms with Gasteiger partial charge in [-0.25, -0.2) is 0 Å². The molecule has 0 aromatic heterocycles. The summed E-state index contributed by atoms with van der Waals surface area (Å²) < 4.78 is 5.96. The Labute approximate surface area is 89.6 Å². The Kier molecular flexibility index (Phi) is 3.75. The summed E-state index contributed by atoms with van der Waals surface area (Å²) in [6, 6.07) is 3.76. The van der Waals surface area contributed by atoms with Crippen LogP contribution in [0.5, 0.6) is 5.75 Å². The zero-order chi connectivity index (χ0) is 9.14. The summed E-state index contributed by atoms with van der Waals surface area (Å²) in [4.78, 5) is 1.02. The summed E-state index contributed by atoms with van der Waals surface area (Å²) in [7, 11) is 1.64. The molecule has 4 heteroatoms. The van der Waals surface area contributed by atoms with Crippen LogP contribution in [0.4, 0.5) is 0 Å². The smallest absolute Gasteiger partial charge is 0.121 e. The van der Waals surface area contributed by atoms with Gasteiger partial charge in [0.2, 0.25) is 0 Å². The van der Waals surface area contributed by atoms with Gasteiger partial charge in [-0.1, -0.05) is 11.6 Å². The SMILES string of the molecule is COc1cc(Br)c(Cl)c(SC)c1. The minimum absolute atomic E-state index is 0.739. The van der Waals surface area contributed by atoms with Gasteiger partial charge in [0.1, 0.15) is 5.75 Å². The van der Waals surface area contributed by atoms with E-state index in [0.29, 0.717) is 0 Å². The van der Waals surface area contributed by atoms with E-state index in [9.17, 15) is 0 Å². The minimum Gasteiger partial charge on any atom is -0.497 e. The Hall–Kier alpha value is 0.140. The first-order valence-corrected chi connectivity index (χ1v) is 5.65. The average Bonchev–Trinajstić information content (AvgIpc) is 2.09. The van der Waals surface area contributed by atoms with Crippen LogP contribution in [0.1, 0.15) is 0 Å². The second kappa shape index (κ2) is 4.40. The van der Waals surface area contributed by atoms with Gasteiger partial charge in [-0.15, -0.1) is 11.8 Å². The van der Waals surface area contributed by atoms with Crippen molar-refractivity contribution >= 4 is 39.3 Å². The second-order valence-corrected chi connectivity index (χ2v) is 4.21. The molecule has 1 rings (SSSR count). The Bertz CT molecular complexity index is 291. The molecule has 0 spiro atoms. The Morgan fingerprint density at radius 3 is 2.67 bits per heavy atom. The minimum atomic E-state index is 0.739. The van der Waals surface area contributed by atoms with Gasteiger partial charge in [0.25, 0.3) is 0 Å². The highest BCUT2D eigenvalue weighted by atomic mass is 79.9. The maximum absolute atomic E-state index is 6.00. The molecule has 0 saturated heterocycles. The molecular formula is C8H8BrClOS. The van der Waals surface area contributed by atoms with E-state index in [1.165, 1.54) is 0 Å². The van der Waals surface area contributed by atoms with Crippen molar-refractivity contribution < 1.29 is 4.74 Å². The van der Waals surface area contributed by atoms with Gasteiger partial charge in [-0.2, -0.15) is 0 Å². The number of rotatable bonds is 2. The topological polar surface area (TPSA) is 9.23 Å². The molecule has 66 valence electrons. The molecular weight excluding hydrogens is 260 g/mol. The third-order valence-electron chi connectivity index (χ3n) is 1.42. The summed E-state index contributed by atoms with van der Waals surface area (Å²) in [5.74, 6) is 0.815. The molecule has 0 aliphatic carbocycles. The highest BCUT2D eigenvalue weighted by Crippen LogP contribution is 2.35. The molecule has 0 amide bonds. The number of halogens is 2. The van der Waals surface area contributed by atoms with Crippen LogP contribution in [0.25, 0.3) is 0 Å². The van der Waals surface area contributed by atoms with Gasteiger partial charge in [-0.3, -0.25) is 0 Å². The molecule has 0 N–H and O–H groups in total. The van der Waals surface area contributed by atoms with E-state index in [2.05, 4.69) is 15.9 Å². The molecule has 0 heterocycles. The molecule has 1 aromatic rings. The molecule has 0 aliphatic rings. The summed E-state index contributed by atoms with van der Waals surface area (Å²) >= 11 is 10.9. The Balaban J connectivity index is 3.19. The Morgan fingerprint density at radius 2 is 2.17 bits per heavy atom. The number of hydrogen-bond donors (Lipinski definition) is 0. The molecule has 1 nitrogen and oxygen atoms in total. The van der Waals surface area contributed by atoms with Crippen molar-refractivity contribution in [2.75, 3.05) is 13.4 Å². The lowest BCUT2D eigenvalue weighted by atomic mass is 10.3. The van der Waals surface area contributed by atoms with Crippen LogP contribution in [0.3, 0.4) is 0 Å². The van der Waals surface area contributed by atoms with E-state index >= 15 is 0 Å². The van der Waals surface area contributed by atoms with Crippen LogP contribution in [0.15, 0.2) is 21.5 Å². The highest BCUT2D eigenvalue weighted by molar-refractivity contribution is 9.10. The molecule has 0 fully saturated rings. The van der Waals surface area contributed by atoms with Crippen LogP contribution < -0.4 is 4.74 Å². The fraction of sp³-hybridized carbons (Fsp3) is 0.250. The van der Waals surface area contributed by atoms with Crippen LogP contribution in [-0.4, -0.2) is 13.4 Å². The van der Waals surface area contributed by atoms with E-state index in [0.717, 1.165) is 20.1 Å². The van der Waals surface area contributed by atoms with Crippen LogP contribution >= 0.6 is 39.3 Å². The first kappa shape index (κ1) is 10.2. The lowest BCUT2D eigenvalue weighted by molar-refractivity contribution is 0.413. The highest BCUT2D eigenvalue weighted by Gasteiger charge is 2.05. The lowest BCUT2D eigenvalue weighted by Crippen LogP contribution is -1.84. The lowest BCUT2D eigenvalue weighted by Gasteiger charge is -2.06. The van der Waals surface area contributed by atoms with Gasteiger partial charge in [0, 0.05) is 9.37 Å². The molecule has 0 bridgehead atoms. The van der Waals surface area contributed by atoms with Crippen molar-refractivity contribution in [3.05, 3.63) is 21.6 Å². The van der Waals surface area contributed by atoms with Crippen LogP contribution in [0.2, 0.25) is 5.02 Å². The predicted octanol–water partition coefficient (Wildman–Crippen LogP) is 3.83. The first-order valence-electron chi connectivity index (χ1n) is 3.26. The average molecular weight is 268 g/mol. The van der Waals surface area contributed by atoms with Gasteiger partial charge < -0.3 is 4.74 Å². The third-order valence-corrected chi connectivity index (χ3v) is 3.56. The molecule has 12 heavy (non-hydrogen) atoms. The van der Waals surface area contributed by atoms with Crippen LogP contribution in [-0.2, 0) is 0 Å². The summed E-state index contributed by atoms with van der Waals surface area (Å²) in [6.45, 7) is 0. The van der Waals surface area contributed by atoms with E-state index in [-0.39, 0.29) is 0 Å². The fourth-order valence-electron chi connectivity index (χ4n) is 0.807. The maximum Gasteiger partial charge on any atom is 0.121 e. The van der Waals surface area contributed by atoms with Crippen LogP contribution in [0, 0.1) is 0 Å². The van der Waals surface area contributed by atoms with E-state index in [1.54, 1.807) is 18.9 Å². The zero-order valence-electron chi connectivity index (χ0n) is 6.73. The third kappa shape index (κ3) is 2.09. The van der Waals surface area contributed by atoms with Crippen molar-refractivity contribution in [1.29, 1.82) is 0 Å². The standard InChI is InChI=1S/C8H8BrClOS/c1-11-5-3-6(9)8(10)7(4-5)12-2/h3-4H,1-2H3. The molecule has 0 saturated carbocycles. The van der Waals surface area contributed by atoms with Gasteiger partial charge in [-0.05, 0) is 34.3 Å². The van der Waals surface area contributed by atoms with E-state index in [1.807, 2.05) is 18.4 Å². The number of benzene rings is 1. The van der Waals surface area contributed by atoms with Gasteiger partial charge in [0.15, 0.2) is 0 Å². The van der Waals surface area contributed by atoms with Gasteiger partial charge >= 0.3 is 0 Å². The van der Waals surface area contributed by atoms with Crippen molar-refractivity contribution in [2.45, 2.75) is 4.90 Å². The summed E-state index contributed by atoms with van der Waals surface area (Å²) in [6.07, 6.45) is 1.98. The van der Waals surface area contributed by atoms with Crippen molar-refractivity contribution in [2.24, 2.45) is 0 Å². The predicted molar refractivity (Wildman–Crippen MR) is 57.5 cm³/mol. The number of ether oxygens (including phenoxy) is 1. The number of hydrogen-bond acceptors (Lipinski definition) is 2. The summed E-state index contributed by atoms with van der Waals surface area (Å²) in [5, 5.41) is 0.739. The van der Waals surface area contributed by atoms with E-state index in [4.69, 9.17) is 16.3 Å². The van der Waals surface area contributed by atoms with E-state index < -0.39 is 0 Å². The monoisotopic (exact) mass is 266 g/mol. The summed E-state index contributed by atoms with van der Waals surface area (Å²) in [5.41, 5.74) is 0. The largest absolute Gasteiger partial charge is 0.497 e. The second-order valence-electron chi connectivity index (χ2n) is 2.13. The molecule has 1 aromatic carbocycles. The molecule has 0 unspecified atom stereocenters. The number of thioether (sulfide) groups is 1. The fourth-order valence-corrected chi connectivity index (χ4v) is 2.24. The normalized spacial score (nSPS) is 10.0. The van der Waals surface area contributed by atoms with Crippen molar-refractivity contribution in [1.82, 2.24) is 0 Å². The molecule has 0 atom stereocenters. The van der Waals surface area contributed by atoms with Crippen molar-refractivity contribution in [3.63, 3.8) is 0 Å². The quantitative estimate of drug-likeness (QED) is 0.753. The Morgan fingerprint density at radius 1 is 1.50 bits per heavy atom. The first-order chi connectivity index (χ1) is 5.69. The van der Waals surface area contributed by atoms with Crippen molar-refractivity contribution in [3.8, 4) is 5.75 Å². The zero-order valence-corrected chi connectivity index (χ0v) is 9.89. The maximum atomic E-state index is 6.00.